The largest absolute Gasteiger partial charge is 0.493 e. The number of carbonyl (C=O) groups is 1. The second kappa shape index (κ2) is 10.9. The molecule has 2 aromatic rings. The van der Waals surface area contributed by atoms with Gasteiger partial charge in [-0.05, 0) is 24.3 Å². The van der Waals surface area contributed by atoms with Crippen LogP contribution < -0.4 is 29.1 Å². The van der Waals surface area contributed by atoms with Gasteiger partial charge in [-0.25, -0.2) is 5.43 Å². The Kier molecular flexibility index (Phi) is 8.29. The van der Waals surface area contributed by atoms with E-state index in [2.05, 4.69) is 20.0 Å². The van der Waals surface area contributed by atoms with Crippen LogP contribution in [0, 0.1) is 0 Å². The fourth-order valence-electron chi connectivity index (χ4n) is 2.43. The molecule has 0 radical (unpaired) electrons. The first-order chi connectivity index (χ1) is 14.8. The van der Waals surface area contributed by atoms with Crippen LogP contribution in [0.3, 0.4) is 0 Å². The van der Waals surface area contributed by atoms with Gasteiger partial charge in [0.1, 0.15) is 11.5 Å². The zero-order chi connectivity index (χ0) is 23.0. The fourth-order valence-corrected chi connectivity index (χ4v) is 2.43. The van der Waals surface area contributed by atoms with E-state index in [-0.39, 0.29) is 34.1 Å². The summed E-state index contributed by atoms with van der Waals surface area (Å²) in [5.41, 5.74) is 2.29. The fraction of sp³-hybridized carbons (Fsp3) is 0.263. The molecule has 1 amide bonds. The van der Waals surface area contributed by atoms with E-state index >= 15 is 0 Å². The van der Waals surface area contributed by atoms with Gasteiger partial charge in [0.05, 0.1) is 27.5 Å². The number of hydrazone groups is 1. The molecule has 0 fully saturated rings. The minimum absolute atomic E-state index is 0.0212. The van der Waals surface area contributed by atoms with Crippen molar-refractivity contribution in [3.05, 3.63) is 41.5 Å². The lowest BCUT2D eigenvalue weighted by molar-refractivity contribution is -0.0543. The lowest BCUT2D eigenvalue weighted by Gasteiger charge is -2.13. The summed E-state index contributed by atoms with van der Waals surface area (Å²) in [5, 5.41) is 3.68. The molecule has 12 heteroatoms. The molecule has 0 aromatic heterocycles. The normalized spacial score (nSPS) is 11.0. The minimum Gasteiger partial charge on any atom is -0.493 e. The summed E-state index contributed by atoms with van der Waals surface area (Å²) >= 11 is 0. The maximum Gasteiger partial charge on any atom is 0.387 e. The maximum atomic E-state index is 12.6. The number of nitrogens with one attached hydrogen (secondary N) is 1. The zero-order valence-electron chi connectivity index (χ0n) is 16.5. The van der Waals surface area contributed by atoms with Gasteiger partial charge in [0, 0.05) is 17.2 Å². The summed E-state index contributed by atoms with van der Waals surface area (Å²) in [5.74, 6) is -0.783. The standard InChI is InChI=1S/C19H18F4N2O6/c1-27-14-6-11(7-15(28-2)16(14)29-3)17(26)25-24-9-10-4-5-12(30-18(20)21)8-13(10)31-19(22)23/h4-9,18-19H,1-3H3,(H,25,26)/b24-9-. The molecule has 0 aliphatic carbocycles. The smallest absolute Gasteiger partial charge is 0.387 e. The molecular formula is C19H18F4N2O6. The first-order valence-electron chi connectivity index (χ1n) is 8.46. The number of hydrogen-bond donors (Lipinski definition) is 1. The van der Waals surface area contributed by atoms with E-state index in [1.165, 1.54) is 33.5 Å². The second-order valence-electron chi connectivity index (χ2n) is 5.57. The molecule has 1 N–H and O–H groups in total. The monoisotopic (exact) mass is 446 g/mol. The summed E-state index contributed by atoms with van der Waals surface area (Å²) in [7, 11) is 4.16. The molecule has 0 saturated heterocycles. The average Bonchev–Trinajstić information content (AvgIpc) is 2.73. The number of carbonyl (C=O) groups excluding carboxylic acids is 1. The highest BCUT2D eigenvalue weighted by Gasteiger charge is 2.17. The highest BCUT2D eigenvalue weighted by molar-refractivity contribution is 5.96. The summed E-state index contributed by atoms with van der Waals surface area (Å²) < 4.78 is 73.8. The highest BCUT2D eigenvalue weighted by atomic mass is 19.3. The molecule has 0 saturated carbocycles. The lowest BCUT2D eigenvalue weighted by atomic mass is 10.1. The van der Waals surface area contributed by atoms with Crippen molar-refractivity contribution in [3.8, 4) is 28.7 Å². The third-order valence-electron chi connectivity index (χ3n) is 3.72. The third kappa shape index (κ3) is 6.39. The van der Waals surface area contributed by atoms with Gasteiger partial charge in [-0.2, -0.15) is 22.7 Å². The van der Waals surface area contributed by atoms with Gasteiger partial charge in [-0.15, -0.1) is 0 Å². The number of halogens is 4. The second-order valence-corrected chi connectivity index (χ2v) is 5.57. The van der Waals surface area contributed by atoms with Gasteiger partial charge in [-0.1, -0.05) is 0 Å². The van der Waals surface area contributed by atoms with E-state index in [4.69, 9.17) is 14.2 Å². The predicted octanol–water partition coefficient (Wildman–Crippen LogP) is 3.68. The van der Waals surface area contributed by atoms with Crippen molar-refractivity contribution in [3.63, 3.8) is 0 Å². The van der Waals surface area contributed by atoms with Gasteiger partial charge >= 0.3 is 13.2 Å². The number of hydrogen-bond acceptors (Lipinski definition) is 7. The molecule has 0 bridgehead atoms. The average molecular weight is 446 g/mol. The zero-order valence-corrected chi connectivity index (χ0v) is 16.5. The Bertz CT molecular complexity index is 915. The van der Waals surface area contributed by atoms with Crippen LogP contribution in [0.5, 0.6) is 28.7 Å². The molecule has 0 atom stereocenters. The van der Waals surface area contributed by atoms with Crippen molar-refractivity contribution < 1.29 is 46.0 Å². The van der Waals surface area contributed by atoms with Crippen LogP contribution in [0.1, 0.15) is 15.9 Å². The summed E-state index contributed by atoms with van der Waals surface area (Å²) in [6, 6.07) is 5.88. The summed E-state index contributed by atoms with van der Waals surface area (Å²) in [4.78, 5) is 12.4. The molecule has 0 heterocycles. The molecule has 2 rings (SSSR count). The van der Waals surface area contributed by atoms with Crippen molar-refractivity contribution in [1.29, 1.82) is 0 Å². The van der Waals surface area contributed by atoms with Gasteiger partial charge < -0.3 is 23.7 Å². The van der Waals surface area contributed by atoms with Gasteiger partial charge in [0.2, 0.25) is 5.75 Å². The molecule has 0 aliphatic heterocycles. The topological polar surface area (TPSA) is 87.6 Å². The molecule has 8 nitrogen and oxygen atoms in total. The quantitative estimate of drug-likeness (QED) is 0.340. The van der Waals surface area contributed by atoms with Crippen LogP contribution in [-0.2, 0) is 0 Å². The van der Waals surface area contributed by atoms with Gasteiger partial charge in [-0.3, -0.25) is 4.79 Å². The Balaban J connectivity index is 2.22. The van der Waals surface area contributed by atoms with Crippen LogP contribution in [0.4, 0.5) is 17.6 Å². The van der Waals surface area contributed by atoms with Crippen molar-refractivity contribution in [2.45, 2.75) is 13.2 Å². The number of nitrogens with zero attached hydrogens (tertiary/aromatic N) is 1. The van der Waals surface area contributed by atoms with Crippen LogP contribution in [0.2, 0.25) is 0 Å². The van der Waals surface area contributed by atoms with Gasteiger partial charge in [0.25, 0.3) is 5.91 Å². The molecule has 168 valence electrons. The van der Waals surface area contributed by atoms with Crippen LogP contribution in [0.15, 0.2) is 35.4 Å². The van der Waals surface area contributed by atoms with Crippen molar-refractivity contribution in [2.24, 2.45) is 5.10 Å². The first-order valence-corrected chi connectivity index (χ1v) is 8.46. The van der Waals surface area contributed by atoms with E-state index in [1.54, 1.807) is 0 Å². The number of alkyl halides is 4. The van der Waals surface area contributed by atoms with E-state index in [9.17, 15) is 22.4 Å². The number of benzene rings is 2. The highest BCUT2D eigenvalue weighted by Crippen LogP contribution is 2.38. The number of methoxy groups -OCH3 is 3. The molecule has 0 unspecified atom stereocenters. The van der Waals surface area contributed by atoms with Gasteiger partial charge in [0.15, 0.2) is 11.5 Å². The van der Waals surface area contributed by atoms with Crippen LogP contribution >= 0.6 is 0 Å². The number of ether oxygens (including phenoxy) is 5. The molecule has 2 aromatic carbocycles. The van der Waals surface area contributed by atoms with Crippen molar-refractivity contribution in [1.82, 2.24) is 5.43 Å². The Hall–Kier alpha value is -3.70. The Morgan fingerprint density at radius 1 is 0.903 bits per heavy atom. The molecule has 0 spiro atoms. The summed E-state index contributed by atoms with van der Waals surface area (Å²) in [6.07, 6.45) is 1.000. The Labute approximate surface area is 174 Å². The lowest BCUT2D eigenvalue weighted by Crippen LogP contribution is -2.18. The van der Waals surface area contributed by atoms with E-state index in [0.29, 0.717) is 0 Å². The Morgan fingerprint density at radius 2 is 1.52 bits per heavy atom. The van der Waals surface area contributed by atoms with Crippen LogP contribution in [-0.4, -0.2) is 46.7 Å². The van der Waals surface area contributed by atoms with Crippen molar-refractivity contribution >= 4 is 12.1 Å². The van der Waals surface area contributed by atoms with Crippen molar-refractivity contribution in [2.75, 3.05) is 21.3 Å². The van der Waals surface area contributed by atoms with E-state index in [0.717, 1.165) is 24.4 Å². The number of rotatable bonds is 10. The SMILES string of the molecule is COc1cc(C(=O)N/N=C\c2ccc(OC(F)F)cc2OC(F)F)cc(OC)c1OC. The maximum absolute atomic E-state index is 12.6. The molecule has 31 heavy (non-hydrogen) atoms. The molecule has 0 aliphatic rings. The van der Waals surface area contributed by atoms with E-state index in [1.807, 2.05) is 0 Å². The van der Waals surface area contributed by atoms with Crippen LogP contribution in [0.25, 0.3) is 0 Å². The first kappa shape index (κ1) is 23.6. The predicted molar refractivity (Wildman–Crippen MR) is 101 cm³/mol. The third-order valence-corrected chi connectivity index (χ3v) is 3.72. The van der Waals surface area contributed by atoms with E-state index < -0.39 is 24.9 Å². The summed E-state index contributed by atoms with van der Waals surface area (Å²) in [6.45, 7) is -6.36. The Morgan fingerprint density at radius 3 is 2.03 bits per heavy atom. The number of amides is 1. The minimum atomic E-state index is -3.22. The molecular weight excluding hydrogens is 428 g/mol.